The van der Waals surface area contributed by atoms with Crippen molar-refractivity contribution in [2.45, 2.75) is 26.7 Å². The molecule has 1 aromatic carbocycles. The normalized spacial score (nSPS) is 9.62. The van der Waals surface area contributed by atoms with Gasteiger partial charge in [0.05, 0.1) is 6.07 Å². The van der Waals surface area contributed by atoms with E-state index in [1.807, 2.05) is 32.0 Å². The maximum absolute atomic E-state index is 11.4. The summed E-state index contributed by atoms with van der Waals surface area (Å²) in [5.74, 6) is -0.261. The van der Waals surface area contributed by atoms with Gasteiger partial charge >= 0.3 is 0 Å². The quantitative estimate of drug-likeness (QED) is 0.925. The van der Waals surface area contributed by atoms with E-state index in [2.05, 4.69) is 21.2 Å². The lowest BCUT2D eigenvalue weighted by Crippen LogP contribution is -2.13. The molecule has 84 valence electrons. The fourth-order valence-corrected chi connectivity index (χ4v) is 2.15. The van der Waals surface area contributed by atoms with E-state index in [0.29, 0.717) is 0 Å². The second-order valence-corrected chi connectivity index (χ2v) is 4.41. The Balaban J connectivity index is 3.03. The van der Waals surface area contributed by atoms with E-state index >= 15 is 0 Å². The van der Waals surface area contributed by atoms with Crippen LogP contribution in [0.15, 0.2) is 16.6 Å². The molecule has 1 rings (SSSR count). The molecule has 0 spiro atoms. The van der Waals surface area contributed by atoms with Gasteiger partial charge < -0.3 is 5.32 Å². The van der Waals surface area contributed by atoms with Crippen molar-refractivity contribution in [2.75, 3.05) is 5.32 Å². The summed E-state index contributed by atoms with van der Waals surface area (Å²) >= 11 is 3.42. The van der Waals surface area contributed by atoms with E-state index < -0.39 is 0 Å². The van der Waals surface area contributed by atoms with Crippen molar-refractivity contribution in [1.29, 1.82) is 5.26 Å². The molecule has 0 saturated carbocycles. The third-order valence-electron chi connectivity index (χ3n) is 2.27. The molecule has 0 atom stereocenters. The summed E-state index contributed by atoms with van der Waals surface area (Å²) in [6.07, 6.45) is 0.723. The van der Waals surface area contributed by atoms with Crippen LogP contribution >= 0.6 is 15.9 Å². The van der Waals surface area contributed by atoms with Gasteiger partial charge in [-0.05, 0) is 36.6 Å². The number of halogens is 1. The van der Waals surface area contributed by atoms with Crippen LogP contribution in [0, 0.1) is 18.3 Å². The molecule has 0 unspecified atom stereocenters. The fraction of sp³-hybridized carbons (Fsp3) is 0.333. The third kappa shape index (κ3) is 3.07. The van der Waals surface area contributed by atoms with Crippen LogP contribution in [0.4, 0.5) is 5.69 Å². The summed E-state index contributed by atoms with van der Waals surface area (Å²) in [6.45, 7) is 3.97. The van der Waals surface area contributed by atoms with E-state index in [4.69, 9.17) is 5.26 Å². The first kappa shape index (κ1) is 12.7. The van der Waals surface area contributed by atoms with Gasteiger partial charge in [-0.25, -0.2) is 0 Å². The molecule has 0 saturated heterocycles. The van der Waals surface area contributed by atoms with E-state index in [-0.39, 0.29) is 12.3 Å². The van der Waals surface area contributed by atoms with Crippen LogP contribution < -0.4 is 5.32 Å². The maximum Gasteiger partial charge on any atom is 0.238 e. The van der Waals surface area contributed by atoms with Gasteiger partial charge in [-0.2, -0.15) is 5.26 Å². The minimum Gasteiger partial charge on any atom is -0.325 e. The molecule has 0 fully saturated rings. The summed E-state index contributed by atoms with van der Waals surface area (Å²) in [4.78, 5) is 11.4. The van der Waals surface area contributed by atoms with Crippen LogP contribution in [-0.2, 0) is 11.2 Å². The van der Waals surface area contributed by atoms with E-state index in [1.54, 1.807) is 0 Å². The molecule has 0 aliphatic heterocycles. The van der Waals surface area contributed by atoms with Gasteiger partial charge in [0.15, 0.2) is 0 Å². The molecule has 16 heavy (non-hydrogen) atoms. The van der Waals surface area contributed by atoms with Gasteiger partial charge in [0.1, 0.15) is 6.42 Å². The molecule has 4 heteroatoms. The standard InChI is InChI=1S/C12H13BrN2O/c1-3-9-7-10(13)6-8(2)12(9)15-11(16)4-5-14/h6-7H,3-4H2,1-2H3,(H,15,16). The number of nitriles is 1. The van der Waals surface area contributed by atoms with Gasteiger partial charge in [0.2, 0.25) is 5.91 Å². The van der Waals surface area contributed by atoms with Gasteiger partial charge in [0, 0.05) is 10.2 Å². The number of nitrogens with zero attached hydrogens (tertiary/aromatic N) is 1. The Morgan fingerprint density at radius 2 is 2.25 bits per heavy atom. The second kappa shape index (κ2) is 5.66. The third-order valence-corrected chi connectivity index (χ3v) is 2.72. The number of rotatable bonds is 3. The van der Waals surface area contributed by atoms with Crippen LogP contribution in [0.2, 0.25) is 0 Å². The first-order valence-corrected chi connectivity index (χ1v) is 5.83. The highest BCUT2D eigenvalue weighted by atomic mass is 79.9. The first-order chi connectivity index (χ1) is 7.58. The van der Waals surface area contributed by atoms with E-state index in [9.17, 15) is 4.79 Å². The molecule has 0 aromatic heterocycles. The van der Waals surface area contributed by atoms with E-state index in [1.165, 1.54) is 0 Å². The van der Waals surface area contributed by atoms with Crippen molar-refractivity contribution in [3.63, 3.8) is 0 Å². The molecule has 1 aromatic rings. The highest BCUT2D eigenvalue weighted by Crippen LogP contribution is 2.26. The van der Waals surface area contributed by atoms with Crippen LogP contribution in [0.25, 0.3) is 0 Å². The van der Waals surface area contributed by atoms with E-state index in [0.717, 1.165) is 27.7 Å². The zero-order valence-electron chi connectivity index (χ0n) is 9.30. The Morgan fingerprint density at radius 3 is 2.81 bits per heavy atom. The number of amides is 1. The molecule has 0 radical (unpaired) electrons. The molecular weight excluding hydrogens is 268 g/mol. The number of anilines is 1. The largest absolute Gasteiger partial charge is 0.325 e. The molecule has 3 nitrogen and oxygen atoms in total. The molecule has 0 bridgehead atoms. The van der Waals surface area contributed by atoms with Crippen LogP contribution in [-0.4, -0.2) is 5.91 Å². The number of hydrogen-bond donors (Lipinski definition) is 1. The highest BCUT2D eigenvalue weighted by Gasteiger charge is 2.09. The molecule has 0 aliphatic rings. The second-order valence-electron chi connectivity index (χ2n) is 3.49. The lowest BCUT2D eigenvalue weighted by atomic mass is 10.1. The zero-order chi connectivity index (χ0) is 12.1. The average molecular weight is 281 g/mol. The number of carbonyl (C=O) groups excluding carboxylic acids is 1. The molecule has 0 heterocycles. The summed E-state index contributed by atoms with van der Waals surface area (Å²) in [5, 5.41) is 11.2. The first-order valence-electron chi connectivity index (χ1n) is 5.04. The lowest BCUT2D eigenvalue weighted by molar-refractivity contribution is -0.115. The van der Waals surface area contributed by atoms with Gasteiger partial charge in [0.25, 0.3) is 0 Å². The predicted octanol–water partition coefficient (Wildman–Crippen LogP) is 3.17. The monoisotopic (exact) mass is 280 g/mol. The Labute approximate surface area is 104 Å². The number of hydrogen-bond acceptors (Lipinski definition) is 2. The SMILES string of the molecule is CCc1cc(Br)cc(C)c1NC(=O)CC#N. The van der Waals surface area contributed by atoms with Crippen LogP contribution in [0.5, 0.6) is 0 Å². The Morgan fingerprint density at radius 1 is 1.56 bits per heavy atom. The van der Waals surface area contributed by atoms with Crippen LogP contribution in [0.1, 0.15) is 24.5 Å². The fourth-order valence-electron chi connectivity index (χ4n) is 1.53. The number of aryl methyl sites for hydroxylation is 2. The van der Waals surface area contributed by atoms with Gasteiger partial charge in [-0.15, -0.1) is 0 Å². The lowest BCUT2D eigenvalue weighted by Gasteiger charge is -2.12. The smallest absolute Gasteiger partial charge is 0.238 e. The predicted molar refractivity (Wildman–Crippen MR) is 67.1 cm³/mol. The number of carbonyl (C=O) groups is 1. The summed E-state index contributed by atoms with van der Waals surface area (Å²) in [6, 6.07) is 5.76. The Hall–Kier alpha value is -1.34. The zero-order valence-corrected chi connectivity index (χ0v) is 10.9. The Bertz CT molecular complexity index is 449. The molecule has 1 amide bonds. The molecule has 0 aliphatic carbocycles. The van der Waals surface area contributed by atoms with Crippen molar-refractivity contribution >= 4 is 27.5 Å². The van der Waals surface area contributed by atoms with Crippen molar-refractivity contribution in [3.05, 3.63) is 27.7 Å². The van der Waals surface area contributed by atoms with Crippen LogP contribution in [0.3, 0.4) is 0 Å². The van der Waals surface area contributed by atoms with Crippen molar-refractivity contribution in [2.24, 2.45) is 0 Å². The number of nitrogens with one attached hydrogen (secondary N) is 1. The Kier molecular flexibility index (Phi) is 4.51. The van der Waals surface area contributed by atoms with Gasteiger partial charge in [-0.3, -0.25) is 4.79 Å². The van der Waals surface area contributed by atoms with Gasteiger partial charge in [-0.1, -0.05) is 22.9 Å². The summed E-state index contributed by atoms with van der Waals surface area (Å²) in [7, 11) is 0. The topological polar surface area (TPSA) is 52.9 Å². The minimum atomic E-state index is -0.261. The van der Waals surface area contributed by atoms with Crippen molar-refractivity contribution in [1.82, 2.24) is 0 Å². The maximum atomic E-state index is 11.4. The summed E-state index contributed by atoms with van der Waals surface area (Å²) in [5.41, 5.74) is 2.89. The summed E-state index contributed by atoms with van der Waals surface area (Å²) < 4.78 is 1.00. The highest BCUT2D eigenvalue weighted by molar-refractivity contribution is 9.10. The molecular formula is C12H13BrN2O. The van der Waals surface area contributed by atoms with Crippen molar-refractivity contribution < 1.29 is 4.79 Å². The van der Waals surface area contributed by atoms with Crippen molar-refractivity contribution in [3.8, 4) is 6.07 Å². The number of benzene rings is 1. The average Bonchev–Trinajstić information content (AvgIpc) is 2.22. The molecule has 1 N–H and O–H groups in total. The minimum absolute atomic E-state index is 0.112.